The number of benzene rings is 1. The summed E-state index contributed by atoms with van der Waals surface area (Å²) in [7, 11) is 0. The second-order valence-corrected chi connectivity index (χ2v) is 5.56. The largest absolute Gasteiger partial charge is 0.378 e. The third-order valence-electron chi connectivity index (χ3n) is 4.29. The molecule has 0 bridgehead atoms. The molecule has 0 amide bonds. The third kappa shape index (κ3) is 3.35. The summed E-state index contributed by atoms with van der Waals surface area (Å²) < 4.78 is 5.70. The van der Waals surface area contributed by atoms with Crippen LogP contribution in [0.4, 0.5) is 0 Å². The minimum absolute atomic E-state index is 0.0995. The Hall–Kier alpha value is -0.900. The highest BCUT2D eigenvalue weighted by atomic mass is 16.5. The Balaban J connectivity index is 2.14. The first-order valence-corrected chi connectivity index (χ1v) is 7.31. The SMILES string of the molecule is CCN(Cc1ccccc1)C1(CN)CCOC(C)C1. The fourth-order valence-electron chi connectivity index (χ4n) is 3.17. The topological polar surface area (TPSA) is 38.5 Å². The van der Waals surface area contributed by atoms with Gasteiger partial charge in [-0.15, -0.1) is 0 Å². The van der Waals surface area contributed by atoms with Gasteiger partial charge in [-0.3, -0.25) is 4.90 Å². The van der Waals surface area contributed by atoms with Gasteiger partial charge in [-0.05, 0) is 31.9 Å². The van der Waals surface area contributed by atoms with Crippen LogP contribution in [0, 0.1) is 0 Å². The highest BCUT2D eigenvalue weighted by Gasteiger charge is 2.38. The predicted octanol–water partition coefficient (Wildman–Crippen LogP) is 2.40. The third-order valence-corrected chi connectivity index (χ3v) is 4.29. The molecule has 3 heteroatoms. The van der Waals surface area contributed by atoms with Gasteiger partial charge in [0.05, 0.1) is 6.10 Å². The molecule has 2 atom stereocenters. The smallest absolute Gasteiger partial charge is 0.0565 e. The lowest BCUT2D eigenvalue weighted by atomic mass is 9.84. The average Bonchev–Trinajstić information content (AvgIpc) is 2.45. The van der Waals surface area contributed by atoms with Crippen LogP contribution in [0.25, 0.3) is 0 Å². The van der Waals surface area contributed by atoms with Crippen LogP contribution in [0.3, 0.4) is 0 Å². The summed E-state index contributed by atoms with van der Waals surface area (Å²) in [6.07, 6.45) is 2.38. The number of ether oxygens (including phenoxy) is 1. The Kier molecular flexibility index (Phi) is 4.97. The first kappa shape index (κ1) is 14.5. The maximum Gasteiger partial charge on any atom is 0.0565 e. The van der Waals surface area contributed by atoms with Gasteiger partial charge in [0.25, 0.3) is 0 Å². The van der Waals surface area contributed by atoms with E-state index in [2.05, 4.69) is 49.1 Å². The minimum atomic E-state index is 0.0995. The lowest BCUT2D eigenvalue weighted by Crippen LogP contribution is -2.57. The molecule has 1 fully saturated rings. The van der Waals surface area contributed by atoms with Crippen molar-refractivity contribution < 1.29 is 4.74 Å². The number of hydrogen-bond acceptors (Lipinski definition) is 3. The summed E-state index contributed by atoms with van der Waals surface area (Å²) in [5.41, 5.74) is 7.59. The lowest BCUT2D eigenvalue weighted by molar-refractivity contribution is -0.0652. The second-order valence-electron chi connectivity index (χ2n) is 5.56. The molecule has 106 valence electrons. The molecule has 1 aliphatic rings. The molecule has 2 unspecified atom stereocenters. The van der Waals surface area contributed by atoms with Crippen LogP contribution in [0.1, 0.15) is 32.3 Å². The number of nitrogens with zero attached hydrogens (tertiary/aromatic N) is 1. The standard InChI is InChI=1S/C16H26N2O/c1-3-18(12-15-7-5-4-6-8-15)16(13-17)9-10-19-14(2)11-16/h4-8,14H,3,9-13,17H2,1-2H3. The van der Waals surface area contributed by atoms with Crippen molar-refractivity contribution >= 4 is 0 Å². The summed E-state index contributed by atoms with van der Waals surface area (Å²) >= 11 is 0. The van der Waals surface area contributed by atoms with Crippen LogP contribution in [0.15, 0.2) is 30.3 Å². The Morgan fingerprint density at radius 2 is 2.11 bits per heavy atom. The van der Waals surface area contributed by atoms with Crippen molar-refractivity contribution in [2.24, 2.45) is 5.73 Å². The van der Waals surface area contributed by atoms with Gasteiger partial charge in [-0.2, -0.15) is 0 Å². The van der Waals surface area contributed by atoms with E-state index >= 15 is 0 Å². The Bertz CT molecular complexity index is 382. The molecule has 0 saturated carbocycles. The van der Waals surface area contributed by atoms with E-state index in [9.17, 15) is 0 Å². The molecule has 2 rings (SSSR count). The molecular weight excluding hydrogens is 236 g/mol. The van der Waals surface area contributed by atoms with E-state index in [0.717, 1.165) is 32.5 Å². The predicted molar refractivity (Wildman–Crippen MR) is 79.0 cm³/mol. The van der Waals surface area contributed by atoms with Crippen LogP contribution in [0.5, 0.6) is 0 Å². The number of hydrogen-bond donors (Lipinski definition) is 1. The van der Waals surface area contributed by atoms with E-state index in [1.807, 2.05) is 0 Å². The highest BCUT2D eigenvalue weighted by Crippen LogP contribution is 2.31. The Morgan fingerprint density at radius 1 is 1.37 bits per heavy atom. The maximum atomic E-state index is 6.13. The van der Waals surface area contributed by atoms with Crippen LogP contribution >= 0.6 is 0 Å². The summed E-state index contributed by atoms with van der Waals surface area (Å²) in [4.78, 5) is 2.53. The molecule has 1 saturated heterocycles. The molecule has 1 aromatic carbocycles. The molecular formula is C16H26N2O. The van der Waals surface area contributed by atoms with Gasteiger partial charge >= 0.3 is 0 Å². The molecule has 0 aliphatic carbocycles. The first-order valence-electron chi connectivity index (χ1n) is 7.31. The van der Waals surface area contributed by atoms with Crippen molar-refractivity contribution in [1.82, 2.24) is 4.90 Å². The van der Waals surface area contributed by atoms with Crippen molar-refractivity contribution in [3.05, 3.63) is 35.9 Å². The Morgan fingerprint density at radius 3 is 2.68 bits per heavy atom. The summed E-state index contributed by atoms with van der Waals surface area (Å²) in [5.74, 6) is 0. The van der Waals surface area contributed by atoms with Crippen LogP contribution in [-0.2, 0) is 11.3 Å². The number of nitrogens with two attached hydrogens (primary N) is 1. The molecule has 3 nitrogen and oxygen atoms in total. The van der Waals surface area contributed by atoms with Crippen molar-refractivity contribution in [2.75, 3.05) is 19.7 Å². The quantitative estimate of drug-likeness (QED) is 0.885. The van der Waals surface area contributed by atoms with E-state index in [4.69, 9.17) is 10.5 Å². The van der Waals surface area contributed by atoms with E-state index < -0.39 is 0 Å². The normalized spacial score (nSPS) is 27.7. The molecule has 1 aromatic rings. The van der Waals surface area contributed by atoms with E-state index in [1.165, 1.54) is 5.56 Å². The van der Waals surface area contributed by atoms with Crippen LogP contribution < -0.4 is 5.73 Å². The summed E-state index contributed by atoms with van der Waals surface area (Å²) in [6.45, 7) is 7.91. The average molecular weight is 262 g/mol. The van der Waals surface area contributed by atoms with Crippen molar-refractivity contribution in [3.63, 3.8) is 0 Å². The van der Waals surface area contributed by atoms with Crippen molar-refractivity contribution in [1.29, 1.82) is 0 Å². The fourth-order valence-corrected chi connectivity index (χ4v) is 3.17. The number of likely N-dealkylation sites (N-methyl/N-ethyl adjacent to an activating group) is 1. The Labute approximate surface area is 116 Å². The van der Waals surface area contributed by atoms with Gasteiger partial charge in [0.2, 0.25) is 0 Å². The van der Waals surface area contributed by atoms with Crippen LogP contribution in [-0.4, -0.2) is 36.2 Å². The van der Waals surface area contributed by atoms with Gasteiger partial charge in [0.15, 0.2) is 0 Å². The molecule has 0 aromatic heterocycles. The van der Waals surface area contributed by atoms with E-state index in [-0.39, 0.29) is 5.54 Å². The lowest BCUT2D eigenvalue weighted by Gasteiger charge is -2.47. The van der Waals surface area contributed by atoms with E-state index in [1.54, 1.807) is 0 Å². The van der Waals surface area contributed by atoms with Crippen LogP contribution in [0.2, 0.25) is 0 Å². The van der Waals surface area contributed by atoms with E-state index in [0.29, 0.717) is 12.6 Å². The maximum absolute atomic E-state index is 6.13. The number of rotatable bonds is 5. The second kappa shape index (κ2) is 6.51. The fraction of sp³-hybridized carbons (Fsp3) is 0.625. The first-order chi connectivity index (χ1) is 9.20. The molecule has 1 heterocycles. The molecule has 0 spiro atoms. The molecule has 2 N–H and O–H groups in total. The van der Waals surface area contributed by atoms with Crippen molar-refractivity contribution in [3.8, 4) is 0 Å². The highest BCUT2D eigenvalue weighted by molar-refractivity contribution is 5.15. The summed E-state index contributed by atoms with van der Waals surface area (Å²) in [6, 6.07) is 10.6. The monoisotopic (exact) mass is 262 g/mol. The summed E-state index contributed by atoms with van der Waals surface area (Å²) in [5, 5.41) is 0. The minimum Gasteiger partial charge on any atom is -0.378 e. The molecule has 0 radical (unpaired) electrons. The zero-order valence-electron chi connectivity index (χ0n) is 12.1. The molecule has 19 heavy (non-hydrogen) atoms. The zero-order chi connectivity index (χ0) is 13.7. The molecule has 1 aliphatic heterocycles. The van der Waals surface area contributed by atoms with Gasteiger partial charge in [0.1, 0.15) is 0 Å². The van der Waals surface area contributed by atoms with Gasteiger partial charge in [-0.25, -0.2) is 0 Å². The van der Waals surface area contributed by atoms with Gasteiger partial charge in [0, 0.05) is 25.2 Å². The van der Waals surface area contributed by atoms with Crippen molar-refractivity contribution in [2.45, 2.75) is 44.9 Å². The van der Waals surface area contributed by atoms with Gasteiger partial charge in [-0.1, -0.05) is 37.3 Å². The zero-order valence-corrected chi connectivity index (χ0v) is 12.1. The van der Waals surface area contributed by atoms with Gasteiger partial charge < -0.3 is 10.5 Å².